The summed E-state index contributed by atoms with van der Waals surface area (Å²) in [5, 5.41) is 56.3. The van der Waals surface area contributed by atoms with Crippen LogP contribution in [0.15, 0.2) is 48.5 Å². The molecule has 510 valence electrons. The summed E-state index contributed by atoms with van der Waals surface area (Å²) in [6.07, 6.45) is 2.17. The lowest BCUT2D eigenvalue weighted by Gasteiger charge is -2.49. The molecule has 23 heteroatoms. The van der Waals surface area contributed by atoms with Crippen LogP contribution >= 0.6 is 0 Å². The molecule has 6 N–H and O–H groups in total. The molecule has 0 amide bonds. The van der Waals surface area contributed by atoms with Gasteiger partial charge in [0.2, 0.25) is 0 Å². The van der Waals surface area contributed by atoms with Gasteiger partial charge < -0.3 is 68.3 Å². The number of esters is 2. The van der Waals surface area contributed by atoms with Gasteiger partial charge in [0.1, 0.15) is 35.1 Å². The number of carbonyl (C=O) groups excluding carboxylic acids is 4. The normalized spacial score (nSPS) is 33.1. The molecule has 3 heterocycles. The fraction of sp³-hybridized carbons (Fsp3) is 0.758. The van der Waals surface area contributed by atoms with Crippen LogP contribution in [0, 0.1) is 23.7 Å². The zero-order chi connectivity index (χ0) is 67.2. The van der Waals surface area contributed by atoms with Crippen molar-refractivity contribution < 1.29 is 99.8 Å². The molecular weight excluding hydrogens is 1170 g/mol. The largest absolute Gasteiger partial charge is 0.507 e. The van der Waals surface area contributed by atoms with E-state index in [1.165, 1.54) is 86.0 Å². The number of phenols is 1. The lowest BCUT2D eigenvalue weighted by molar-refractivity contribution is -0.319. The third-order valence-corrected chi connectivity index (χ3v) is 18.0. The number of cyclic esters (lactones) is 1. The number of unbranched alkanes of at least 4 members (excludes halogenated alkanes) is 9. The zero-order valence-electron chi connectivity index (χ0n) is 55.8. The van der Waals surface area contributed by atoms with Crippen LogP contribution in [0.5, 0.6) is 11.5 Å². The monoisotopic (exact) mass is 1280 g/mol. The molecule has 0 aliphatic carbocycles. The number of nitrogens with zero attached hydrogens (tertiary/aromatic N) is 1. The van der Waals surface area contributed by atoms with Crippen LogP contribution in [-0.4, -0.2) is 186 Å². The van der Waals surface area contributed by atoms with E-state index in [9.17, 15) is 53.1 Å². The summed E-state index contributed by atoms with van der Waals surface area (Å²) in [5.41, 5.74) is -4.10. The van der Waals surface area contributed by atoms with Gasteiger partial charge in [-0.15, -0.1) is 0 Å². The van der Waals surface area contributed by atoms with Crippen LogP contribution in [0.3, 0.4) is 0 Å². The van der Waals surface area contributed by atoms with Crippen molar-refractivity contribution in [1.82, 2.24) is 4.90 Å². The number of likely N-dealkylation sites (N-methyl/N-ethyl adjacent to an activating group) is 1. The summed E-state index contributed by atoms with van der Waals surface area (Å²) in [4.78, 5) is 54.9. The number of aromatic hydroxyl groups is 1. The zero-order valence-corrected chi connectivity index (χ0v) is 56.6. The summed E-state index contributed by atoms with van der Waals surface area (Å²) < 4.78 is 81.6. The average molecular weight is 1280 g/mol. The van der Waals surface area contributed by atoms with E-state index in [0.717, 1.165) is 12.8 Å². The molecule has 3 fully saturated rings. The first-order valence-electron chi connectivity index (χ1n) is 31.8. The minimum atomic E-state index is -4.23. The van der Waals surface area contributed by atoms with Crippen molar-refractivity contribution in [2.24, 2.45) is 23.7 Å². The topological polar surface area (TPSA) is 310 Å². The Hall–Kier alpha value is -4.21. The summed E-state index contributed by atoms with van der Waals surface area (Å²) in [5.74, 6) is -5.34. The number of hydrogen-bond acceptors (Lipinski definition) is 21. The summed E-state index contributed by atoms with van der Waals surface area (Å²) in [6, 6.07) is 13.2. The SMILES string of the molecule is CCC(=O)OC1C(OC2C(C)C(OC3CC(C)(OC)C(O)C(C)O3)C(C)C(=O)OC(CC)C(C)(O)C(O)C(C)C(=O)C(C)CC2(C)O)OC(C)CC1N(C)C.CCCCCCCCCCCCOS(=O)(=O)O.COc1ccc(C(=O)c2ccccc2)c(O)c1. The lowest BCUT2D eigenvalue weighted by Crippen LogP contribution is -2.61. The van der Waals surface area contributed by atoms with E-state index >= 15 is 0 Å². The molecule has 22 nitrogen and oxygen atoms in total. The van der Waals surface area contributed by atoms with E-state index in [1.54, 1.807) is 84.9 Å². The van der Waals surface area contributed by atoms with E-state index in [4.69, 9.17) is 42.4 Å². The Morgan fingerprint density at radius 2 is 1.36 bits per heavy atom. The highest BCUT2D eigenvalue weighted by atomic mass is 32.3. The number of aliphatic hydroxyl groups excluding tert-OH is 2. The maximum atomic E-state index is 14.2. The molecule has 0 saturated carbocycles. The highest BCUT2D eigenvalue weighted by Gasteiger charge is 2.54. The van der Waals surface area contributed by atoms with Crippen molar-refractivity contribution in [3.8, 4) is 11.5 Å². The fourth-order valence-corrected chi connectivity index (χ4v) is 12.4. The van der Waals surface area contributed by atoms with Gasteiger partial charge in [0.25, 0.3) is 0 Å². The van der Waals surface area contributed by atoms with Crippen molar-refractivity contribution >= 4 is 33.9 Å². The third kappa shape index (κ3) is 23.7. The Balaban J connectivity index is 0.000000489. The second kappa shape index (κ2) is 36.9. The molecule has 0 aromatic heterocycles. The predicted octanol–water partition coefficient (Wildman–Crippen LogP) is 9.11. The van der Waals surface area contributed by atoms with Crippen LogP contribution in [0.25, 0.3) is 0 Å². The molecular formula is C66H109NO21S. The van der Waals surface area contributed by atoms with E-state index < -0.39 is 124 Å². The van der Waals surface area contributed by atoms with Crippen molar-refractivity contribution in [2.75, 3.05) is 34.9 Å². The second-order valence-corrected chi connectivity index (χ2v) is 26.4. The number of phenolic OH excluding ortho intramolecular Hbond substituents is 1. The number of ketones is 2. The van der Waals surface area contributed by atoms with Crippen molar-refractivity contribution in [1.29, 1.82) is 0 Å². The highest BCUT2D eigenvalue weighted by molar-refractivity contribution is 7.80. The van der Waals surface area contributed by atoms with Gasteiger partial charge in [-0.3, -0.25) is 23.7 Å². The van der Waals surface area contributed by atoms with Gasteiger partial charge in [-0.1, -0.05) is 130 Å². The molecule has 0 radical (unpaired) electrons. The predicted molar refractivity (Wildman–Crippen MR) is 334 cm³/mol. The van der Waals surface area contributed by atoms with Crippen LogP contribution in [0.4, 0.5) is 0 Å². The number of Topliss-reactive ketones (excluding diaryl/α,β-unsaturated/α-hetero) is 1. The minimum Gasteiger partial charge on any atom is -0.507 e. The molecule has 18 unspecified atom stereocenters. The molecule has 0 spiro atoms. The number of ether oxygens (including phenoxy) is 8. The fourth-order valence-electron chi connectivity index (χ4n) is 12.1. The van der Waals surface area contributed by atoms with Crippen LogP contribution < -0.4 is 4.74 Å². The average Bonchev–Trinajstić information content (AvgIpc) is 0.978. The van der Waals surface area contributed by atoms with Crippen LogP contribution in [0.2, 0.25) is 0 Å². The van der Waals surface area contributed by atoms with Crippen molar-refractivity contribution in [2.45, 2.75) is 264 Å². The highest BCUT2D eigenvalue weighted by Crippen LogP contribution is 2.41. The number of benzene rings is 2. The summed E-state index contributed by atoms with van der Waals surface area (Å²) >= 11 is 0. The van der Waals surface area contributed by atoms with Gasteiger partial charge >= 0.3 is 22.3 Å². The summed E-state index contributed by atoms with van der Waals surface area (Å²) in [6.45, 7) is 20.3. The van der Waals surface area contributed by atoms with E-state index in [0.29, 0.717) is 24.2 Å². The number of rotatable bonds is 24. The molecule has 2 aromatic rings. The number of hydrogen-bond donors (Lipinski definition) is 6. The molecule has 5 rings (SSSR count). The number of aliphatic hydroxyl groups is 4. The molecule has 89 heavy (non-hydrogen) atoms. The standard InChI is InChI=1S/C40H71NO14.C14H12O3.C12H26O4S/c1-15-27-40(11,48)33(44)22(5)30(43)20(3)18-38(9,47)35(55-37-32(53-28(42)16-2)26(41(12)13)17-21(4)50-37)23(6)31(24(7)36(46)52-27)54-29-19-39(10,49-14)34(45)25(8)51-29;1-17-11-7-8-12(13(15)9-11)14(16)10-5-3-2-4-6-10;1-2-3-4-5-6-7-8-9-10-11-12-16-17(13,14)15/h20-27,29,31-35,37,44-45,47-48H,15-19H2,1-14H3;2-9,15H,1H3;2-12H2,1H3,(H,13,14,15). The molecule has 3 aliphatic rings. The Morgan fingerprint density at radius 1 is 0.764 bits per heavy atom. The van der Waals surface area contributed by atoms with Crippen molar-refractivity contribution in [3.63, 3.8) is 0 Å². The lowest BCUT2D eigenvalue weighted by atomic mass is 9.74. The molecule has 3 aliphatic heterocycles. The minimum absolute atomic E-state index is 0.0711. The molecule has 18 atom stereocenters. The molecule has 0 bridgehead atoms. The third-order valence-electron chi connectivity index (χ3n) is 17.6. The van der Waals surface area contributed by atoms with E-state index in [2.05, 4.69) is 11.1 Å². The first-order valence-corrected chi connectivity index (χ1v) is 33.2. The first-order chi connectivity index (χ1) is 41.6. The van der Waals surface area contributed by atoms with Gasteiger partial charge in [0, 0.05) is 49.3 Å². The van der Waals surface area contributed by atoms with Crippen molar-refractivity contribution in [3.05, 3.63) is 59.7 Å². The Bertz CT molecular complexity index is 2570. The molecule has 2 aromatic carbocycles. The van der Waals surface area contributed by atoms with Gasteiger partial charge in [-0.05, 0) is 93.5 Å². The van der Waals surface area contributed by atoms with Crippen LogP contribution in [0.1, 0.15) is 195 Å². The smallest absolute Gasteiger partial charge is 0.397 e. The quantitative estimate of drug-likeness (QED) is 0.0247. The number of carbonyl (C=O) groups is 4. The van der Waals surface area contributed by atoms with E-state index in [1.807, 2.05) is 32.0 Å². The van der Waals surface area contributed by atoms with Gasteiger partial charge in [0.15, 0.2) is 24.5 Å². The Labute approximate surface area is 529 Å². The Kier molecular flexibility index (Phi) is 32.7. The second-order valence-electron chi connectivity index (χ2n) is 25.3. The summed E-state index contributed by atoms with van der Waals surface area (Å²) in [7, 11) is 2.48. The van der Waals surface area contributed by atoms with Gasteiger partial charge in [-0.25, -0.2) is 4.18 Å². The Morgan fingerprint density at radius 3 is 1.89 bits per heavy atom. The maximum absolute atomic E-state index is 14.2. The van der Waals surface area contributed by atoms with Gasteiger partial charge in [0.05, 0.1) is 73.0 Å². The van der Waals surface area contributed by atoms with E-state index in [-0.39, 0.29) is 61.5 Å². The van der Waals surface area contributed by atoms with Crippen LogP contribution in [-0.2, 0) is 62.1 Å². The van der Waals surface area contributed by atoms with Gasteiger partial charge in [-0.2, -0.15) is 8.42 Å². The molecule has 3 saturated heterocycles. The first kappa shape index (κ1) is 79.0. The maximum Gasteiger partial charge on any atom is 0.397 e. The number of methoxy groups -OCH3 is 2.